The lowest BCUT2D eigenvalue weighted by atomic mass is 9.95. The van der Waals surface area contributed by atoms with E-state index >= 15 is 4.39 Å². The molecule has 4 aromatic carbocycles. The molecule has 0 amide bonds. The summed E-state index contributed by atoms with van der Waals surface area (Å²) in [6, 6.07) is 14.4. The van der Waals surface area contributed by atoms with Crippen LogP contribution in [-0.4, -0.2) is 11.1 Å². The van der Waals surface area contributed by atoms with Gasteiger partial charge in [0, 0.05) is 10.9 Å². The molecule has 5 heteroatoms. The van der Waals surface area contributed by atoms with Gasteiger partial charge in [0.05, 0.1) is 0 Å². The van der Waals surface area contributed by atoms with Gasteiger partial charge in [-0.15, -0.1) is 0 Å². The molecule has 0 radical (unpaired) electrons. The van der Waals surface area contributed by atoms with Crippen LogP contribution in [0.1, 0.15) is 29.3 Å². The Hall–Kier alpha value is -3.34. The van der Waals surface area contributed by atoms with Crippen LogP contribution in [0.25, 0.3) is 32.7 Å². The van der Waals surface area contributed by atoms with Gasteiger partial charge in [-0.05, 0) is 45.8 Å². The second-order valence-electron chi connectivity index (χ2n) is 7.01. The van der Waals surface area contributed by atoms with Crippen molar-refractivity contribution in [2.45, 2.75) is 19.8 Å². The van der Waals surface area contributed by atoms with Crippen molar-refractivity contribution in [1.82, 2.24) is 0 Å². The van der Waals surface area contributed by atoms with E-state index in [0.717, 1.165) is 35.7 Å². The molecule has 4 rings (SSSR count). The van der Waals surface area contributed by atoms with E-state index < -0.39 is 29.0 Å². The molecule has 1 N–H and O–H groups in total. The summed E-state index contributed by atoms with van der Waals surface area (Å²) >= 11 is 0. The Morgan fingerprint density at radius 2 is 1.52 bits per heavy atom. The minimum Gasteiger partial charge on any atom is -0.477 e. The number of carboxylic acids is 1. The third-order valence-corrected chi connectivity index (χ3v) is 5.12. The van der Waals surface area contributed by atoms with Crippen molar-refractivity contribution in [3.63, 3.8) is 0 Å². The molecule has 0 unspecified atom stereocenters. The van der Waals surface area contributed by atoms with E-state index in [1.807, 2.05) is 18.2 Å². The quantitative estimate of drug-likeness (QED) is 0.390. The van der Waals surface area contributed by atoms with E-state index in [9.17, 15) is 13.6 Å². The van der Waals surface area contributed by atoms with Crippen LogP contribution in [-0.2, 0) is 6.42 Å². The molecular formula is C24H17F3O2. The van der Waals surface area contributed by atoms with E-state index in [1.54, 1.807) is 12.1 Å². The van der Waals surface area contributed by atoms with Gasteiger partial charge in [-0.25, -0.2) is 18.0 Å². The fraction of sp³-hybridized carbons (Fsp3) is 0.125. The number of carboxylic acid groups (broad SMARTS) is 1. The van der Waals surface area contributed by atoms with E-state index in [4.69, 9.17) is 5.11 Å². The first-order chi connectivity index (χ1) is 13.9. The number of benzene rings is 4. The highest BCUT2D eigenvalue weighted by molar-refractivity contribution is 6.08. The summed E-state index contributed by atoms with van der Waals surface area (Å²) in [6.07, 6.45) is 2.00. The summed E-state index contributed by atoms with van der Waals surface area (Å²) in [7, 11) is 0. The Morgan fingerprint density at radius 1 is 0.862 bits per heavy atom. The number of fused-ring (bicyclic) bond motifs is 3. The number of hydrogen-bond acceptors (Lipinski definition) is 1. The van der Waals surface area contributed by atoms with Gasteiger partial charge >= 0.3 is 5.97 Å². The van der Waals surface area contributed by atoms with Crippen LogP contribution < -0.4 is 0 Å². The van der Waals surface area contributed by atoms with E-state index in [1.165, 1.54) is 11.6 Å². The summed E-state index contributed by atoms with van der Waals surface area (Å²) in [5.41, 5.74) is 0.113. The van der Waals surface area contributed by atoms with Gasteiger partial charge in [0.2, 0.25) is 0 Å². The lowest BCUT2D eigenvalue weighted by Crippen LogP contribution is -2.05. The van der Waals surface area contributed by atoms with Crippen LogP contribution in [0.2, 0.25) is 0 Å². The highest BCUT2D eigenvalue weighted by Crippen LogP contribution is 2.34. The van der Waals surface area contributed by atoms with Crippen molar-refractivity contribution in [1.29, 1.82) is 0 Å². The molecule has 4 aromatic rings. The van der Waals surface area contributed by atoms with Gasteiger partial charge in [-0.3, -0.25) is 0 Å². The second-order valence-corrected chi connectivity index (χ2v) is 7.01. The average molecular weight is 394 g/mol. The first kappa shape index (κ1) is 19.0. The maximum Gasteiger partial charge on any atom is 0.341 e. The van der Waals surface area contributed by atoms with Gasteiger partial charge in [0.1, 0.15) is 23.0 Å². The SMILES string of the molecule is CCCc1ccc2c(ccc3c(F)c(-c4cc(F)c(C(=O)O)c(F)c4)ccc32)c1. The smallest absolute Gasteiger partial charge is 0.341 e. The first-order valence-corrected chi connectivity index (χ1v) is 9.27. The van der Waals surface area contributed by atoms with Gasteiger partial charge in [0.15, 0.2) is 0 Å². The van der Waals surface area contributed by atoms with Crippen molar-refractivity contribution >= 4 is 27.5 Å². The van der Waals surface area contributed by atoms with Gasteiger partial charge in [-0.2, -0.15) is 0 Å². The van der Waals surface area contributed by atoms with Crippen molar-refractivity contribution in [3.05, 3.63) is 83.2 Å². The topological polar surface area (TPSA) is 37.3 Å². The second kappa shape index (κ2) is 7.24. The maximum absolute atomic E-state index is 15.2. The Morgan fingerprint density at radius 3 is 2.17 bits per heavy atom. The predicted molar refractivity (Wildman–Crippen MR) is 108 cm³/mol. The van der Waals surface area contributed by atoms with Crippen molar-refractivity contribution in [3.8, 4) is 11.1 Å². The molecule has 0 bridgehead atoms. The molecule has 0 aliphatic heterocycles. The largest absolute Gasteiger partial charge is 0.477 e. The normalized spacial score (nSPS) is 11.3. The fourth-order valence-corrected chi connectivity index (χ4v) is 3.76. The Kier molecular flexibility index (Phi) is 4.74. The minimum absolute atomic E-state index is 0.00851. The molecule has 0 saturated heterocycles. The van der Waals surface area contributed by atoms with Crippen LogP contribution in [0.3, 0.4) is 0 Å². The van der Waals surface area contributed by atoms with Gasteiger partial charge in [0.25, 0.3) is 0 Å². The molecule has 0 atom stereocenters. The molecular weight excluding hydrogens is 377 g/mol. The highest BCUT2D eigenvalue weighted by Gasteiger charge is 2.20. The Labute approximate surface area is 165 Å². The minimum atomic E-state index is -1.71. The summed E-state index contributed by atoms with van der Waals surface area (Å²) in [5, 5.41) is 11.8. The predicted octanol–water partition coefficient (Wildman–Crippen LogP) is 6.73. The summed E-state index contributed by atoms with van der Waals surface area (Å²) < 4.78 is 43.4. The fourth-order valence-electron chi connectivity index (χ4n) is 3.76. The third-order valence-electron chi connectivity index (χ3n) is 5.12. The highest BCUT2D eigenvalue weighted by atomic mass is 19.1. The standard InChI is InChI=1S/C24H17F3O2/c1-2-3-13-4-6-16-14(10-13)5-7-19-18(16)9-8-17(23(19)27)15-11-20(25)22(24(28)29)21(26)12-15/h4-12H,2-3H2,1H3,(H,28,29). The van der Waals surface area contributed by atoms with E-state index in [0.29, 0.717) is 10.8 Å². The van der Waals surface area contributed by atoms with Crippen molar-refractivity contribution in [2.75, 3.05) is 0 Å². The van der Waals surface area contributed by atoms with Crippen LogP contribution in [0.4, 0.5) is 13.2 Å². The summed E-state index contributed by atoms with van der Waals surface area (Å²) in [4.78, 5) is 11.0. The Bertz CT molecular complexity index is 1260. The van der Waals surface area contributed by atoms with Crippen LogP contribution in [0, 0.1) is 17.5 Å². The van der Waals surface area contributed by atoms with Gasteiger partial charge in [-0.1, -0.05) is 55.8 Å². The van der Waals surface area contributed by atoms with Crippen LogP contribution in [0.15, 0.2) is 54.6 Å². The lowest BCUT2D eigenvalue weighted by Gasteiger charge is -2.11. The molecule has 0 saturated carbocycles. The van der Waals surface area contributed by atoms with Gasteiger partial charge < -0.3 is 5.11 Å². The van der Waals surface area contributed by atoms with Crippen molar-refractivity contribution < 1.29 is 23.1 Å². The number of aromatic carboxylic acids is 1. The zero-order chi connectivity index (χ0) is 20.7. The van der Waals surface area contributed by atoms with E-state index in [-0.39, 0.29) is 11.1 Å². The molecule has 0 spiro atoms. The number of aryl methyl sites for hydroxylation is 1. The number of halogens is 3. The van der Waals surface area contributed by atoms with Crippen LogP contribution >= 0.6 is 0 Å². The molecule has 0 aliphatic rings. The molecule has 146 valence electrons. The molecule has 0 aliphatic carbocycles. The summed E-state index contributed by atoms with van der Waals surface area (Å²) in [6.45, 7) is 2.11. The molecule has 0 aromatic heterocycles. The number of carbonyl (C=O) groups is 1. The zero-order valence-electron chi connectivity index (χ0n) is 15.6. The number of hydrogen-bond donors (Lipinski definition) is 1. The average Bonchev–Trinajstić information content (AvgIpc) is 2.67. The van der Waals surface area contributed by atoms with E-state index in [2.05, 4.69) is 13.0 Å². The molecule has 2 nitrogen and oxygen atoms in total. The zero-order valence-corrected chi connectivity index (χ0v) is 15.6. The molecule has 0 heterocycles. The van der Waals surface area contributed by atoms with Crippen molar-refractivity contribution in [2.24, 2.45) is 0 Å². The lowest BCUT2D eigenvalue weighted by molar-refractivity contribution is 0.0686. The summed E-state index contributed by atoms with van der Waals surface area (Å²) in [5.74, 6) is -4.80. The monoisotopic (exact) mass is 394 g/mol. The maximum atomic E-state index is 15.2. The number of rotatable bonds is 4. The third kappa shape index (κ3) is 3.23. The molecule has 29 heavy (non-hydrogen) atoms. The first-order valence-electron chi connectivity index (χ1n) is 9.27. The van der Waals surface area contributed by atoms with Crippen LogP contribution in [0.5, 0.6) is 0 Å². The Balaban J connectivity index is 1.90. The molecule has 0 fully saturated rings.